The number of benzene rings is 2. The highest BCUT2D eigenvalue weighted by Crippen LogP contribution is 2.28. The molecule has 43 heavy (non-hydrogen) atoms. The number of carbonyl (C=O) groups excluding carboxylic acids is 2. The minimum atomic E-state index is -0.732. The molecule has 2 amide bonds. The monoisotopic (exact) mass is 573 g/mol. The lowest BCUT2D eigenvalue weighted by molar-refractivity contribution is -0.116. The molecule has 0 unspecified atom stereocenters. The zero-order valence-corrected chi connectivity index (χ0v) is 23.9. The fourth-order valence-corrected chi connectivity index (χ4v) is 4.41. The number of allylic oxidation sites excluding steroid dienone is 1. The summed E-state index contributed by atoms with van der Waals surface area (Å²) in [6, 6.07) is 13.5. The molecule has 4 rings (SSSR count). The number of hydrogen-bond acceptors (Lipinski definition) is 7. The third kappa shape index (κ3) is 6.74. The van der Waals surface area contributed by atoms with Crippen molar-refractivity contribution in [3.8, 4) is 17.5 Å². The number of aliphatic imine (C=N–C) groups is 1. The van der Waals surface area contributed by atoms with Gasteiger partial charge in [-0.3, -0.25) is 23.9 Å². The number of nitrogens with two attached hydrogens (primary N) is 1. The van der Waals surface area contributed by atoms with E-state index in [4.69, 9.17) is 10.7 Å². The molecule has 0 aliphatic carbocycles. The molecule has 0 aliphatic heterocycles. The molecule has 2 aromatic carbocycles. The second-order valence-corrected chi connectivity index (χ2v) is 9.45. The normalized spacial score (nSPS) is 11.4. The average molecular weight is 574 g/mol. The first-order valence-corrected chi connectivity index (χ1v) is 13.5. The molecule has 0 fully saturated rings. The van der Waals surface area contributed by atoms with Crippen LogP contribution in [0.1, 0.15) is 46.7 Å². The van der Waals surface area contributed by atoms with Crippen molar-refractivity contribution >= 4 is 40.4 Å². The Morgan fingerprint density at radius 3 is 2.65 bits per heavy atom. The molecule has 0 bridgehead atoms. The molecule has 0 saturated carbocycles. The van der Waals surface area contributed by atoms with Gasteiger partial charge in [0.25, 0.3) is 11.5 Å². The topological polar surface area (TPSA) is 144 Å². The lowest BCUT2D eigenvalue weighted by atomic mass is 10.1. The largest absolute Gasteiger partial charge is 0.383 e. The van der Waals surface area contributed by atoms with E-state index in [0.717, 1.165) is 0 Å². The third-order valence-corrected chi connectivity index (χ3v) is 6.43. The van der Waals surface area contributed by atoms with Crippen LogP contribution in [0.25, 0.3) is 16.6 Å². The predicted molar refractivity (Wildman–Crippen MR) is 170 cm³/mol. The van der Waals surface area contributed by atoms with Gasteiger partial charge in [0.05, 0.1) is 28.3 Å². The Balaban J connectivity index is 1.79. The van der Waals surface area contributed by atoms with Gasteiger partial charge in [-0.25, -0.2) is 9.97 Å². The summed E-state index contributed by atoms with van der Waals surface area (Å²) in [7, 11) is 0. The van der Waals surface area contributed by atoms with E-state index in [1.165, 1.54) is 22.9 Å². The molecule has 0 aliphatic rings. The van der Waals surface area contributed by atoms with E-state index in [1.54, 1.807) is 50.4 Å². The molecule has 2 aromatic heterocycles. The molecule has 2 heterocycles. The van der Waals surface area contributed by atoms with Gasteiger partial charge in [-0.05, 0) is 49.8 Å². The van der Waals surface area contributed by atoms with Crippen molar-refractivity contribution in [3.05, 3.63) is 113 Å². The summed E-state index contributed by atoms with van der Waals surface area (Å²) >= 11 is 0. The zero-order chi connectivity index (χ0) is 30.9. The molecule has 1 atom stereocenters. The summed E-state index contributed by atoms with van der Waals surface area (Å²) in [4.78, 5) is 52.4. The Hall–Kier alpha value is -5.82. The second-order valence-electron chi connectivity index (χ2n) is 9.45. The van der Waals surface area contributed by atoms with E-state index < -0.39 is 11.9 Å². The number of carbonyl (C=O) groups is 2. The van der Waals surface area contributed by atoms with Gasteiger partial charge in [-0.15, -0.1) is 0 Å². The van der Waals surface area contributed by atoms with E-state index in [2.05, 4.69) is 45.6 Å². The lowest BCUT2D eigenvalue weighted by Crippen LogP contribution is -2.34. The van der Waals surface area contributed by atoms with Crippen LogP contribution in [0, 0.1) is 18.8 Å². The van der Waals surface area contributed by atoms with Gasteiger partial charge in [-0.1, -0.05) is 55.3 Å². The van der Waals surface area contributed by atoms with Gasteiger partial charge < -0.3 is 16.4 Å². The fraction of sp³-hybridized carbons (Fsp3) is 0.152. The van der Waals surface area contributed by atoms with Crippen molar-refractivity contribution < 1.29 is 9.59 Å². The second kappa shape index (κ2) is 13.7. The van der Waals surface area contributed by atoms with Crippen molar-refractivity contribution in [2.75, 3.05) is 12.3 Å². The number of nitrogen functional groups attached to an aromatic ring is 1. The van der Waals surface area contributed by atoms with E-state index in [0.29, 0.717) is 52.2 Å². The molecule has 0 radical (unpaired) electrons. The van der Waals surface area contributed by atoms with Crippen molar-refractivity contribution in [1.82, 2.24) is 25.2 Å². The van der Waals surface area contributed by atoms with Crippen LogP contribution < -0.4 is 21.9 Å². The number of anilines is 1. The molecule has 4 aromatic rings. The number of rotatable bonds is 9. The minimum absolute atomic E-state index is 0.0192. The number of pyridine rings is 1. The number of para-hydroxylation sites is 1. The van der Waals surface area contributed by atoms with Gasteiger partial charge in [0.2, 0.25) is 5.91 Å². The van der Waals surface area contributed by atoms with Crippen molar-refractivity contribution in [2.24, 2.45) is 4.99 Å². The van der Waals surface area contributed by atoms with Crippen molar-refractivity contribution in [3.63, 3.8) is 0 Å². The van der Waals surface area contributed by atoms with Crippen LogP contribution in [0.3, 0.4) is 0 Å². The van der Waals surface area contributed by atoms with Crippen LogP contribution in [-0.4, -0.2) is 39.1 Å². The van der Waals surface area contributed by atoms with Crippen LogP contribution >= 0.6 is 0 Å². The highest BCUT2D eigenvalue weighted by Gasteiger charge is 2.24. The van der Waals surface area contributed by atoms with Gasteiger partial charge in [0.1, 0.15) is 17.2 Å². The quantitative estimate of drug-likeness (QED) is 0.119. The molecule has 4 N–H and O–H groups in total. The molecular weight excluding hydrogens is 542 g/mol. The van der Waals surface area contributed by atoms with Crippen LogP contribution in [-0.2, 0) is 4.79 Å². The SMILES string of the molecule is C=CC=Nc1c(C)cnc(N)c1C(=O)N[C@H](C)c1nc2cccc(C#CCCNC(=O)C=C)c2c(=O)n1-c1ccccc1. The molecule has 10 heteroatoms. The molecular formula is C33H31N7O3. The van der Waals surface area contributed by atoms with Crippen LogP contribution in [0.2, 0.25) is 0 Å². The molecule has 10 nitrogen and oxygen atoms in total. The smallest absolute Gasteiger partial charge is 0.267 e. The average Bonchev–Trinajstić information content (AvgIpc) is 3.01. The van der Waals surface area contributed by atoms with Crippen LogP contribution in [0.4, 0.5) is 11.5 Å². The highest BCUT2D eigenvalue weighted by molar-refractivity contribution is 6.04. The third-order valence-electron chi connectivity index (χ3n) is 6.43. The highest BCUT2D eigenvalue weighted by atomic mass is 16.2. The Bertz CT molecular complexity index is 1870. The van der Waals surface area contributed by atoms with Crippen molar-refractivity contribution in [1.29, 1.82) is 0 Å². The minimum Gasteiger partial charge on any atom is -0.383 e. The summed E-state index contributed by atoms with van der Waals surface area (Å²) in [6.45, 7) is 10.9. The Labute approximate surface area is 249 Å². The van der Waals surface area contributed by atoms with Gasteiger partial charge in [0.15, 0.2) is 0 Å². The maximum Gasteiger partial charge on any atom is 0.267 e. The van der Waals surface area contributed by atoms with E-state index in [9.17, 15) is 14.4 Å². The number of nitrogens with one attached hydrogen (secondary N) is 2. The predicted octanol–water partition coefficient (Wildman–Crippen LogP) is 4.09. The fourth-order valence-electron chi connectivity index (χ4n) is 4.41. The number of aromatic nitrogens is 3. The van der Waals surface area contributed by atoms with E-state index in [-0.39, 0.29) is 22.8 Å². The Morgan fingerprint density at radius 2 is 1.93 bits per heavy atom. The summed E-state index contributed by atoms with van der Waals surface area (Å²) < 4.78 is 1.47. The van der Waals surface area contributed by atoms with Crippen LogP contribution in [0.15, 0.2) is 89.8 Å². The summed E-state index contributed by atoms with van der Waals surface area (Å²) in [5.41, 5.74) is 8.41. The maximum atomic E-state index is 14.1. The molecule has 0 saturated heterocycles. The maximum absolute atomic E-state index is 14.1. The number of amides is 2. The Morgan fingerprint density at radius 1 is 1.16 bits per heavy atom. The van der Waals surface area contributed by atoms with Crippen LogP contribution in [0.5, 0.6) is 0 Å². The van der Waals surface area contributed by atoms with Crippen molar-refractivity contribution in [2.45, 2.75) is 26.3 Å². The Kier molecular flexibility index (Phi) is 9.60. The number of nitrogens with zero attached hydrogens (tertiary/aromatic N) is 4. The van der Waals surface area contributed by atoms with Gasteiger partial charge in [-0.2, -0.15) is 0 Å². The summed E-state index contributed by atoms with van der Waals surface area (Å²) in [5, 5.41) is 5.93. The number of fused-ring (bicyclic) bond motifs is 1. The summed E-state index contributed by atoms with van der Waals surface area (Å²) in [5.74, 6) is 5.58. The van der Waals surface area contributed by atoms with E-state index in [1.807, 2.05) is 18.2 Å². The molecule has 0 spiro atoms. The van der Waals surface area contributed by atoms with Gasteiger partial charge in [0, 0.05) is 30.9 Å². The first-order valence-electron chi connectivity index (χ1n) is 13.5. The van der Waals surface area contributed by atoms with E-state index >= 15 is 0 Å². The van der Waals surface area contributed by atoms with Gasteiger partial charge >= 0.3 is 0 Å². The standard InChI is InChI=1S/C33H31N7O3/c1-5-18-36-29-21(3)20-37-30(34)28(29)32(42)38-22(4)31-39-25-17-12-14-23(13-10-11-19-35-26(41)6-2)27(25)33(43)40(31)24-15-8-7-9-16-24/h5-9,12,14-18,20,22H,1-2,11,19H2,3-4H3,(H2,34,37)(H,35,41)(H,38,42)/t22-/m1/s1. The zero-order valence-electron chi connectivity index (χ0n) is 23.9. The first kappa shape index (κ1) is 30.1. The lowest BCUT2D eigenvalue weighted by Gasteiger charge is -2.21. The summed E-state index contributed by atoms with van der Waals surface area (Å²) in [6.07, 6.45) is 6.09. The molecule has 216 valence electrons. The first-order chi connectivity index (χ1) is 20.8. The number of aryl methyl sites for hydroxylation is 1. The number of hydrogen-bond donors (Lipinski definition) is 3.